The number of ether oxygens (including phenoxy) is 2. The van der Waals surface area contributed by atoms with Crippen molar-refractivity contribution in [1.29, 1.82) is 0 Å². The molecule has 0 spiro atoms. The van der Waals surface area contributed by atoms with Crippen molar-refractivity contribution in [2.75, 3.05) is 18.6 Å². The Morgan fingerprint density at radius 3 is 2.42 bits per heavy atom. The van der Waals surface area contributed by atoms with Crippen molar-refractivity contribution >= 4 is 29.5 Å². The number of aliphatic carboxylic acids is 1. The number of imide groups is 1. The van der Waals surface area contributed by atoms with Crippen LogP contribution in [0.1, 0.15) is 35.6 Å². The van der Waals surface area contributed by atoms with E-state index in [1.807, 2.05) is 30.3 Å². The Morgan fingerprint density at radius 1 is 1.02 bits per heavy atom. The molecule has 0 radical (unpaired) electrons. The first-order valence-electron chi connectivity index (χ1n) is 14.0. The van der Waals surface area contributed by atoms with Crippen molar-refractivity contribution in [2.24, 2.45) is 17.6 Å². The van der Waals surface area contributed by atoms with Crippen molar-refractivity contribution in [2.45, 2.75) is 38.0 Å². The van der Waals surface area contributed by atoms with Crippen molar-refractivity contribution in [1.82, 2.24) is 10.6 Å². The molecular weight excluding hydrogens is 552 g/mol. The fourth-order valence-electron chi connectivity index (χ4n) is 6.26. The van der Waals surface area contributed by atoms with Crippen molar-refractivity contribution in [3.05, 3.63) is 89.5 Å². The summed E-state index contributed by atoms with van der Waals surface area (Å²) < 4.78 is 11.9. The van der Waals surface area contributed by atoms with Crippen molar-refractivity contribution in [3.63, 3.8) is 0 Å². The molecule has 2 aliphatic rings. The maximum Gasteiger partial charge on any atom is 0.324 e. The molecule has 11 nitrogen and oxygen atoms in total. The van der Waals surface area contributed by atoms with Gasteiger partial charge in [-0.05, 0) is 43.0 Å². The summed E-state index contributed by atoms with van der Waals surface area (Å²) in [6, 6.07) is 20.0. The predicted molar refractivity (Wildman–Crippen MR) is 157 cm³/mol. The third-order valence-corrected chi connectivity index (χ3v) is 8.23. The Kier molecular flexibility index (Phi) is 8.36. The molecule has 0 bridgehead atoms. The molecule has 5 rings (SSSR count). The number of benzene rings is 3. The molecule has 3 aromatic carbocycles. The number of fused-ring (bicyclic) bond motifs is 1. The molecule has 3 aromatic rings. The molecule has 0 aliphatic carbocycles. The number of nitrogens with one attached hydrogen (secondary N) is 2. The van der Waals surface area contributed by atoms with Gasteiger partial charge in [0.05, 0.1) is 24.6 Å². The first kappa shape index (κ1) is 29.6. The average molecular weight is 587 g/mol. The number of carbonyl (C=O) groups excluding carboxylic acids is 3. The quantitative estimate of drug-likeness (QED) is 0.197. The highest BCUT2D eigenvalue weighted by Crippen LogP contribution is 2.53. The molecular formula is C32H34N4O7. The van der Waals surface area contributed by atoms with E-state index in [4.69, 9.17) is 15.2 Å². The number of aryl methyl sites for hydroxylation is 1. The predicted octanol–water partition coefficient (Wildman–Crippen LogP) is 3.30. The molecule has 5 N–H and O–H groups in total. The lowest BCUT2D eigenvalue weighted by Crippen LogP contribution is -2.56. The molecule has 2 aliphatic heterocycles. The minimum Gasteiger partial charge on any atom is -0.493 e. The topological polar surface area (TPSA) is 160 Å². The fourth-order valence-corrected chi connectivity index (χ4v) is 6.26. The standard InChI is InChI=1S/C32H34N4O7/c1-19-10-6-7-14-22(19)36-28(37)24-25(29(36)38)32(30(39)40,16-9-17-34-31(33)41)35-26(24)21-13-8-15-23(42-2)27(21)43-18-20-11-4-3-5-12-20/h3-8,10-15,24-26,35H,9,16-18H2,1-2H3,(H,39,40)(H3,33,34,41). The summed E-state index contributed by atoms with van der Waals surface area (Å²) in [5.74, 6) is -3.92. The summed E-state index contributed by atoms with van der Waals surface area (Å²) in [6.07, 6.45) is 0.143. The maximum atomic E-state index is 14.2. The number of carboxylic acid groups (broad SMARTS) is 1. The van der Waals surface area contributed by atoms with Crippen LogP contribution in [-0.4, -0.2) is 48.1 Å². The van der Waals surface area contributed by atoms with E-state index in [1.54, 1.807) is 49.4 Å². The van der Waals surface area contributed by atoms with Gasteiger partial charge in [-0.25, -0.2) is 9.69 Å². The lowest BCUT2D eigenvalue weighted by molar-refractivity contribution is -0.149. The van der Waals surface area contributed by atoms with E-state index < -0.39 is 47.2 Å². The number of hydrogen-bond acceptors (Lipinski definition) is 7. The number of carbonyl (C=O) groups is 4. The van der Waals surface area contributed by atoms with Crippen LogP contribution in [0.4, 0.5) is 10.5 Å². The largest absolute Gasteiger partial charge is 0.493 e. The molecule has 224 valence electrons. The van der Waals surface area contributed by atoms with Crippen LogP contribution in [0, 0.1) is 18.8 Å². The Labute approximate surface area is 249 Å². The Morgan fingerprint density at radius 2 is 1.74 bits per heavy atom. The number of amides is 4. The second-order valence-corrected chi connectivity index (χ2v) is 10.7. The third kappa shape index (κ3) is 5.39. The molecule has 43 heavy (non-hydrogen) atoms. The normalized spacial score (nSPS) is 22.7. The second-order valence-electron chi connectivity index (χ2n) is 10.7. The average Bonchev–Trinajstić information content (AvgIpc) is 3.48. The van der Waals surface area contributed by atoms with Gasteiger partial charge in [-0.3, -0.25) is 19.7 Å². The lowest BCUT2D eigenvalue weighted by Gasteiger charge is -2.32. The van der Waals surface area contributed by atoms with Gasteiger partial charge in [-0.15, -0.1) is 0 Å². The van der Waals surface area contributed by atoms with Gasteiger partial charge in [-0.1, -0.05) is 60.7 Å². The maximum absolute atomic E-state index is 14.2. The SMILES string of the molecule is COc1cccc(C2NC(CCCNC(N)=O)(C(=O)O)C3C(=O)N(c4ccccc4C)C(=O)C23)c1OCc1ccccc1. The van der Waals surface area contributed by atoms with E-state index in [2.05, 4.69) is 10.6 Å². The zero-order valence-corrected chi connectivity index (χ0v) is 23.9. The summed E-state index contributed by atoms with van der Waals surface area (Å²) in [4.78, 5) is 53.9. The van der Waals surface area contributed by atoms with Crippen LogP contribution in [0.2, 0.25) is 0 Å². The van der Waals surface area contributed by atoms with Crippen LogP contribution in [0.3, 0.4) is 0 Å². The van der Waals surface area contributed by atoms with Gasteiger partial charge in [-0.2, -0.15) is 0 Å². The Bertz CT molecular complexity index is 1550. The number of methoxy groups -OCH3 is 1. The molecule has 0 aromatic heterocycles. The highest BCUT2D eigenvalue weighted by molar-refractivity contribution is 6.24. The summed E-state index contributed by atoms with van der Waals surface area (Å²) in [5.41, 5.74) is 5.89. The van der Waals surface area contributed by atoms with E-state index in [0.717, 1.165) is 10.5 Å². The number of hydrogen-bond donors (Lipinski definition) is 4. The summed E-state index contributed by atoms with van der Waals surface area (Å²) in [7, 11) is 1.50. The third-order valence-electron chi connectivity index (χ3n) is 8.23. The summed E-state index contributed by atoms with van der Waals surface area (Å²) in [5, 5.41) is 16.4. The van der Waals surface area contributed by atoms with Crippen LogP contribution >= 0.6 is 0 Å². The number of primary amides is 1. The monoisotopic (exact) mass is 586 g/mol. The first-order chi connectivity index (χ1) is 20.7. The Balaban J connectivity index is 1.61. The van der Waals surface area contributed by atoms with E-state index in [9.17, 15) is 24.3 Å². The van der Waals surface area contributed by atoms with E-state index >= 15 is 0 Å². The number of nitrogens with zero attached hydrogens (tertiary/aromatic N) is 1. The Hall–Kier alpha value is -4.90. The van der Waals surface area contributed by atoms with E-state index in [-0.39, 0.29) is 26.0 Å². The second kappa shape index (κ2) is 12.1. The van der Waals surface area contributed by atoms with E-state index in [0.29, 0.717) is 28.3 Å². The molecule has 2 fully saturated rings. The minimum absolute atomic E-state index is 0.0505. The van der Waals surface area contributed by atoms with Gasteiger partial charge in [0.1, 0.15) is 12.1 Å². The molecule has 4 amide bonds. The zero-order valence-electron chi connectivity index (χ0n) is 23.9. The highest BCUT2D eigenvalue weighted by atomic mass is 16.5. The number of urea groups is 1. The zero-order chi connectivity index (χ0) is 30.7. The van der Waals surface area contributed by atoms with Crippen LogP contribution < -0.4 is 30.7 Å². The van der Waals surface area contributed by atoms with Crippen LogP contribution in [-0.2, 0) is 21.0 Å². The van der Waals surface area contributed by atoms with Crippen molar-refractivity contribution < 1.29 is 33.8 Å². The molecule has 2 saturated heterocycles. The van der Waals surface area contributed by atoms with E-state index in [1.165, 1.54) is 7.11 Å². The number of nitrogens with two attached hydrogens (primary N) is 1. The number of carboxylic acids is 1. The van der Waals surface area contributed by atoms with Gasteiger partial charge >= 0.3 is 12.0 Å². The molecule has 0 saturated carbocycles. The summed E-state index contributed by atoms with van der Waals surface area (Å²) >= 11 is 0. The van der Waals surface area contributed by atoms with Crippen molar-refractivity contribution in [3.8, 4) is 11.5 Å². The number of anilines is 1. The molecule has 4 atom stereocenters. The first-order valence-corrected chi connectivity index (χ1v) is 14.0. The highest BCUT2D eigenvalue weighted by Gasteiger charge is 2.68. The van der Waals surface area contributed by atoms with Gasteiger partial charge < -0.3 is 25.6 Å². The summed E-state index contributed by atoms with van der Waals surface area (Å²) in [6.45, 7) is 2.08. The van der Waals surface area contributed by atoms with Gasteiger partial charge in [0.15, 0.2) is 11.5 Å². The van der Waals surface area contributed by atoms with Crippen LogP contribution in [0.25, 0.3) is 0 Å². The lowest BCUT2D eigenvalue weighted by atomic mass is 9.77. The smallest absolute Gasteiger partial charge is 0.324 e. The van der Waals surface area contributed by atoms with Gasteiger partial charge in [0.2, 0.25) is 11.8 Å². The van der Waals surface area contributed by atoms with Gasteiger partial charge in [0, 0.05) is 18.2 Å². The molecule has 11 heteroatoms. The molecule has 2 heterocycles. The number of para-hydroxylation sites is 2. The fraction of sp³-hybridized carbons (Fsp3) is 0.312. The molecule has 4 unspecified atom stereocenters. The van der Waals surface area contributed by atoms with Gasteiger partial charge in [0.25, 0.3) is 0 Å². The van der Waals surface area contributed by atoms with Crippen LogP contribution in [0.5, 0.6) is 11.5 Å². The van der Waals surface area contributed by atoms with Crippen LogP contribution in [0.15, 0.2) is 72.8 Å². The minimum atomic E-state index is -1.82. The number of rotatable bonds is 11.